The highest BCUT2D eigenvalue weighted by Gasteiger charge is 2.12. The quantitative estimate of drug-likeness (QED) is 0.741. The number of hydrogen-bond acceptors (Lipinski definition) is 3. The Labute approximate surface area is 131 Å². The SMILES string of the molecule is C1=C(c2cccs2)CCN(CCCCc2ccncc2)C1. The molecule has 0 saturated carbocycles. The van der Waals surface area contributed by atoms with E-state index in [0.29, 0.717) is 0 Å². The van der Waals surface area contributed by atoms with Gasteiger partial charge in [0.25, 0.3) is 0 Å². The van der Waals surface area contributed by atoms with Gasteiger partial charge in [-0.15, -0.1) is 11.3 Å². The predicted molar refractivity (Wildman–Crippen MR) is 90.5 cm³/mol. The molecule has 0 radical (unpaired) electrons. The van der Waals surface area contributed by atoms with Gasteiger partial charge in [-0.25, -0.2) is 0 Å². The molecule has 3 heterocycles. The second-order valence-electron chi connectivity index (χ2n) is 5.57. The van der Waals surface area contributed by atoms with Crippen molar-refractivity contribution in [2.45, 2.75) is 25.7 Å². The number of rotatable bonds is 6. The first kappa shape index (κ1) is 14.5. The van der Waals surface area contributed by atoms with Gasteiger partial charge < -0.3 is 0 Å². The van der Waals surface area contributed by atoms with E-state index in [1.807, 2.05) is 23.7 Å². The summed E-state index contributed by atoms with van der Waals surface area (Å²) in [7, 11) is 0. The Bertz CT molecular complexity index is 560. The molecule has 2 nitrogen and oxygen atoms in total. The van der Waals surface area contributed by atoms with E-state index in [9.17, 15) is 0 Å². The number of unbranched alkanes of at least 4 members (excludes halogenated alkanes) is 1. The zero-order valence-corrected chi connectivity index (χ0v) is 13.2. The minimum absolute atomic E-state index is 1.11. The maximum Gasteiger partial charge on any atom is 0.0300 e. The molecule has 3 rings (SSSR count). The molecule has 3 heteroatoms. The molecule has 0 amide bonds. The summed E-state index contributed by atoms with van der Waals surface area (Å²) in [5.41, 5.74) is 2.95. The van der Waals surface area contributed by atoms with Gasteiger partial charge in [-0.1, -0.05) is 12.1 Å². The van der Waals surface area contributed by atoms with Crippen molar-refractivity contribution in [3.63, 3.8) is 0 Å². The molecular weight excluding hydrogens is 276 g/mol. The van der Waals surface area contributed by atoms with Gasteiger partial charge in [-0.3, -0.25) is 9.88 Å². The molecule has 0 N–H and O–H groups in total. The summed E-state index contributed by atoms with van der Waals surface area (Å²) in [6.45, 7) is 3.54. The van der Waals surface area contributed by atoms with Crippen LogP contribution in [0.15, 0.2) is 48.1 Å². The van der Waals surface area contributed by atoms with E-state index in [1.54, 1.807) is 0 Å². The minimum Gasteiger partial charge on any atom is -0.299 e. The van der Waals surface area contributed by atoms with Crippen molar-refractivity contribution in [1.29, 1.82) is 0 Å². The maximum atomic E-state index is 4.06. The van der Waals surface area contributed by atoms with E-state index in [1.165, 1.54) is 54.8 Å². The Balaban J connectivity index is 1.38. The molecular formula is C18H22N2S. The van der Waals surface area contributed by atoms with E-state index in [0.717, 1.165) is 6.54 Å². The van der Waals surface area contributed by atoms with Crippen LogP contribution in [0.4, 0.5) is 0 Å². The topological polar surface area (TPSA) is 16.1 Å². The van der Waals surface area contributed by atoms with E-state index in [2.05, 4.69) is 45.6 Å². The summed E-state index contributed by atoms with van der Waals surface area (Å²) in [6.07, 6.45) is 11.1. The first-order valence-corrected chi connectivity index (χ1v) is 8.64. The first-order valence-electron chi connectivity index (χ1n) is 7.76. The largest absolute Gasteiger partial charge is 0.299 e. The summed E-state index contributed by atoms with van der Waals surface area (Å²) in [6, 6.07) is 8.63. The molecule has 0 atom stereocenters. The molecule has 0 aliphatic carbocycles. The molecule has 0 spiro atoms. The molecule has 0 fully saturated rings. The number of aryl methyl sites for hydroxylation is 1. The zero-order valence-electron chi connectivity index (χ0n) is 12.4. The molecule has 0 aromatic carbocycles. The third-order valence-corrected chi connectivity index (χ3v) is 5.02. The highest BCUT2D eigenvalue weighted by Crippen LogP contribution is 2.26. The Morgan fingerprint density at radius 1 is 1.14 bits per heavy atom. The van der Waals surface area contributed by atoms with Crippen molar-refractivity contribution >= 4 is 16.9 Å². The first-order chi connectivity index (χ1) is 10.4. The fraction of sp³-hybridized carbons (Fsp3) is 0.389. The second-order valence-corrected chi connectivity index (χ2v) is 6.52. The number of hydrogen-bond donors (Lipinski definition) is 0. The molecule has 1 aliphatic heterocycles. The van der Waals surface area contributed by atoms with Crippen LogP contribution in [0.25, 0.3) is 5.57 Å². The van der Waals surface area contributed by atoms with Crippen molar-refractivity contribution in [3.8, 4) is 0 Å². The summed E-state index contributed by atoms with van der Waals surface area (Å²) in [5.74, 6) is 0. The van der Waals surface area contributed by atoms with Crippen LogP contribution in [-0.4, -0.2) is 29.5 Å². The van der Waals surface area contributed by atoms with Crippen LogP contribution in [0.1, 0.15) is 29.7 Å². The van der Waals surface area contributed by atoms with Crippen LogP contribution in [0, 0.1) is 0 Å². The van der Waals surface area contributed by atoms with Crippen molar-refractivity contribution in [1.82, 2.24) is 9.88 Å². The highest BCUT2D eigenvalue weighted by molar-refractivity contribution is 7.11. The summed E-state index contributed by atoms with van der Waals surface area (Å²) in [4.78, 5) is 8.09. The molecule has 1 aliphatic rings. The van der Waals surface area contributed by atoms with Crippen LogP contribution < -0.4 is 0 Å². The van der Waals surface area contributed by atoms with E-state index < -0.39 is 0 Å². The molecule has 2 aromatic heterocycles. The van der Waals surface area contributed by atoms with Gasteiger partial charge >= 0.3 is 0 Å². The Hall–Kier alpha value is -1.45. The summed E-state index contributed by atoms with van der Waals surface area (Å²) >= 11 is 1.86. The van der Waals surface area contributed by atoms with E-state index >= 15 is 0 Å². The van der Waals surface area contributed by atoms with Crippen molar-refractivity contribution in [3.05, 3.63) is 58.6 Å². The van der Waals surface area contributed by atoms with E-state index in [-0.39, 0.29) is 0 Å². The monoisotopic (exact) mass is 298 g/mol. The number of thiophene rings is 1. The van der Waals surface area contributed by atoms with Crippen molar-refractivity contribution in [2.24, 2.45) is 0 Å². The highest BCUT2D eigenvalue weighted by atomic mass is 32.1. The van der Waals surface area contributed by atoms with Crippen LogP contribution in [0.2, 0.25) is 0 Å². The van der Waals surface area contributed by atoms with Crippen molar-refractivity contribution < 1.29 is 0 Å². The molecule has 21 heavy (non-hydrogen) atoms. The van der Waals surface area contributed by atoms with Gasteiger partial charge in [0.2, 0.25) is 0 Å². The molecule has 2 aromatic rings. The van der Waals surface area contributed by atoms with Gasteiger partial charge in [0.05, 0.1) is 0 Å². The zero-order chi connectivity index (χ0) is 14.3. The predicted octanol–water partition coefficient (Wildman–Crippen LogP) is 4.26. The number of nitrogens with zero attached hydrogens (tertiary/aromatic N) is 2. The fourth-order valence-electron chi connectivity index (χ4n) is 2.81. The lowest BCUT2D eigenvalue weighted by molar-refractivity contribution is 0.295. The standard InChI is InChI=1S/C18H22N2S/c1(4-16-6-10-19-11-7-16)2-12-20-13-8-17(9-14-20)18-5-3-15-21-18/h3,5-8,10-11,15H,1-2,4,9,12-14H2. The van der Waals surface area contributed by atoms with E-state index in [4.69, 9.17) is 0 Å². The third kappa shape index (κ3) is 4.26. The lowest BCUT2D eigenvalue weighted by atomic mass is 10.1. The second kappa shape index (κ2) is 7.53. The smallest absolute Gasteiger partial charge is 0.0300 e. The number of pyridine rings is 1. The van der Waals surface area contributed by atoms with Crippen LogP contribution >= 0.6 is 11.3 Å². The molecule has 0 unspecified atom stereocenters. The van der Waals surface area contributed by atoms with Gasteiger partial charge in [-0.2, -0.15) is 0 Å². The van der Waals surface area contributed by atoms with Crippen LogP contribution in [0.3, 0.4) is 0 Å². The average Bonchev–Trinajstić information content (AvgIpc) is 3.08. The van der Waals surface area contributed by atoms with Gasteiger partial charge in [0, 0.05) is 30.4 Å². The third-order valence-electron chi connectivity index (χ3n) is 4.07. The molecule has 0 saturated heterocycles. The Kier molecular flexibility index (Phi) is 5.19. The van der Waals surface area contributed by atoms with Gasteiger partial charge in [0.15, 0.2) is 0 Å². The fourth-order valence-corrected chi connectivity index (χ4v) is 3.61. The van der Waals surface area contributed by atoms with Gasteiger partial charge in [-0.05, 0) is 66.9 Å². The van der Waals surface area contributed by atoms with Gasteiger partial charge in [0.1, 0.15) is 0 Å². The average molecular weight is 298 g/mol. The van der Waals surface area contributed by atoms with Crippen molar-refractivity contribution in [2.75, 3.05) is 19.6 Å². The Morgan fingerprint density at radius 3 is 2.76 bits per heavy atom. The molecule has 110 valence electrons. The summed E-state index contributed by atoms with van der Waals surface area (Å²) < 4.78 is 0. The maximum absolute atomic E-state index is 4.06. The van der Waals surface area contributed by atoms with Crippen LogP contribution in [-0.2, 0) is 6.42 Å². The minimum atomic E-state index is 1.11. The lowest BCUT2D eigenvalue weighted by Gasteiger charge is -2.25. The molecule has 0 bridgehead atoms. The number of aromatic nitrogens is 1. The van der Waals surface area contributed by atoms with Crippen LogP contribution in [0.5, 0.6) is 0 Å². The lowest BCUT2D eigenvalue weighted by Crippen LogP contribution is -2.29. The normalized spacial score (nSPS) is 15.9. The summed E-state index contributed by atoms with van der Waals surface area (Å²) in [5, 5.41) is 2.17. The Morgan fingerprint density at radius 2 is 2.05 bits per heavy atom.